The number of anilines is 2. The molecule has 3 aromatic rings. The van der Waals surface area contributed by atoms with Crippen molar-refractivity contribution in [2.24, 2.45) is 0 Å². The minimum atomic E-state index is -0.102. The van der Waals surface area contributed by atoms with Crippen molar-refractivity contribution in [1.29, 1.82) is 0 Å². The maximum atomic E-state index is 12.6. The molecule has 1 fully saturated rings. The van der Waals surface area contributed by atoms with Gasteiger partial charge >= 0.3 is 0 Å². The fourth-order valence-corrected chi connectivity index (χ4v) is 5.29. The Balaban J connectivity index is 1.28. The molecule has 166 valence electrons. The van der Waals surface area contributed by atoms with Gasteiger partial charge in [-0.2, -0.15) is 0 Å². The van der Waals surface area contributed by atoms with Gasteiger partial charge in [-0.1, -0.05) is 42.0 Å². The van der Waals surface area contributed by atoms with E-state index >= 15 is 0 Å². The number of halogens is 1. The van der Waals surface area contributed by atoms with Crippen molar-refractivity contribution in [3.8, 4) is 0 Å². The lowest BCUT2D eigenvalue weighted by Crippen LogP contribution is -2.24. The molecule has 2 heterocycles. The lowest BCUT2D eigenvalue weighted by atomic mass is 10.1. The van der Waals surface area contributed by atoms with Gasteiger partial charge in [-0.15, -0.1) is 22.0 Å². The molecule has 6 nitrogen and oxygen atoms in total. The third kappa shape index (κ3) is 5.68. The normalized spacial score (nSPS) is 15.9. The van der Waals surface area contributed by atoms with Crippen molar-refractivity contribution in [2.75, 3.05) is 22.5 Å². The van der Waals surface area contributed by atoms with Crippen molar-refractivity contribution in [3.05, 3.63) is 64.1 Å². The number of hydrogen-bond donors (Lipinski definition) is 1. The fraction of sp³-hybridized carbons (Fsp3) is 0.304. The van der Waals surface area contributed by atoms with Gasteiger partial charge in [0.25, 0.3) is 0 Å². The highest BCUT2D eigenvalue weighted by atomic mass is 35.5. The summed E-state index contributed by atoms with van der Waals surface area (Å²) in [6.07, 6.45) is 1.73. The highest BCUT2D eigenvalue weighted by molar-refractivity contribution is 7.99. The van der Waals surface area contributed by atoms with Crippen LogP contribution >= 0.6 is 34.7 Å². The molecule has 4 rings (SSSR count). The molecular formula is C23H23ClN4O2S2. The average molecular weight is 487 g/mol. The minimum absolute atomic E-state index is 0.0167. The zero-order chi connectivity index (χ0) is 22.5. The molecule has 0 saturated carbocycles. The largest absolute Gasteiger partial charge is 0.312 e. The van der Waals surface area contributed by atoms with Gasteiger partial charge in [0.05, 0.1) is 0 Å². The molecule has 0 aliphatic carbocycles. The molecule has 9 heteroatoms. The molecule has 0 spiro atoms. The lowest BCUT2D eigenvalue weighted by Gasteiger charge is -2.16. The molecule has 0 bridgehead atoms. The van der Waals surface area contributed by atoms with Gasteiger partial charge in [0.1, 0.15) is 5.01 Å². The van der Waals surface area contributed by atoms with Crippen LogP contribution in [0.25, 0.3) is 0 Å². The second kappa shape index (κ2) is 10.5. The van der Waals surface area contributed by atoms with Crippen LogP contribution in [0.3, 0.4) is 0 Å². The van der Waals surface area contributed by atoms with E-state index in [2.05, 4.69) is 34.6 Å². The maximum absolute atomic E-state index is 12.6. The number of rotatable bonds is 8. The van der Waals surface area contributed by atoms with E-state index in [1.54, 1.807) is 16.7 Å². The van der Waals surface area contributed by atoms with Crippen LogP contribution in [0.15, 0.2) is 53.4 Å². The summed E-state index contributed by atoms with van der Waals surface area (Å²) in [6, 6.07) is 15.6. The standard InChI is InChI=1S/C23H23ClN4O2S2/c1-2-15-3-7-18(8-4-15)28-14-16(13-21(28)30)22-26-27-23(32-22)25-20(29)11-12-31-19-9-5-17(24)6-10-19/h3-10,16H,2,11-14H2,1H3,(H,25,27,29). The highest BCUT2D eigenvalue weighted by Gasteiger charge is 2.34. The van der Waals surface area contributed by atoms with Crippen LogP contribution in [0, 0.1) is 0 Å². The third-order valence-corrected chi connectivity index (χ3v) is 7.50. The van der Waals surface area contributed by atoms with Crippen LogP contribution in [0.5, 0.6) is 0 Å². The van der Waals surface area contributed by atoms with Crippen molar-refractivity contribution >= 4 is 57.3 Å². The van der Waals surface area contributed by atoms with Gasteiger partial charge in [-0.05, 0) is 48.4 Å². The molecular weight excluding hydrogens is 464 g/mol. The molecule has 1 saturated heterocycles. The Morgan fingerprint density at radius 3 is 2.66 bits per heavy atom. The van der Waals surface area contributed by atoms with E-state index in [-0.39, 0.29) is 17.7 Å². The highest BCUT2D eigenvalue weighted by Crippen LogP contribution is 2.34. The zero-order valence-corrected chi connectivity index (χ0v) is 20.0. The zero-order valence-electron chi connectivity index (χ0n) is 17.6. The number of carbonyl (C=O) groups is 2. The van der Waals surface area contributed by atoms with Crippen LogP contribution in [-0.4, -0.2) is 34.3 Å². The number of nitrogens with one attached hydrogen (secondary N) is 1. The van der Waals surface area contributed by atoms with E-state index in [0.29, 0.717) is 35.3 Å². The Morgan fingerprint density at radius 2 is 1.94 bits per heavy atom. The molecule has 1 N–H and O–H groups in total. The van der Waals surface area contributed by atoms with Crippen molar-refractivity contribution in [1.82, 2.24) is 10.2 Å². The van der Waals surface area contributed by atoms with Crippen LogP contribution in [0.2, 0.25) is 5.02 Å². The summed E-state index contributed by atoms with van der Waals surface area (Å²) in [7, 11) is 0. The van der Waals surface area contributed by atoms with Crippen molar-refractivity contribution < 1.29 is 9.59 Å². The van der Waals surface area contributed by atoms with E-state index in [1.807, 2.05) is 36.4 Å². The van der Waals surface area contributed by atoms with Gasteiger partial charge in [0.15, 0.2) is 0 Å². The Morgan fingerprint density at radius 1 is 1.19 bits per heavy atom. The first-order valence-corrected chi connectivity index (χ1v) is 12.6. The number of aromatic nitrogens is 2. The first kappa shape index (κ1) is 22.8. The van der Waals surface area contributed by atoms with Gasteiger partial charge in [0.2, 0.25) is 16.9 Å². The number of aryl methyl sites for hydroxylation is 1. The van der Waals surface area contributed by atoms with Crippen molar-refractivity contribution in [3.63, 3.8) is 0 Å². The Bertz CT molecular complexity index is 1090. The quantitative estimate of drug-likeness (QED) is 0.432. The van der Waals surface area contributed by atoms with Gasteiger partial charge in [-0.25, -0.2) is 0 Å². The van der Waals surface area contributed by atoms with E-state index in [9.17, 15) is 9.59 Å². The molecule has 1 unspecified atom stereocenters. The smallest absolute Gasteiger partial charge is 0.227 e. The Hall–Kier alpha value is -2.42. The first-order valence-electron chi connectivity index (χ1n) is 10.4. The number of nitrogens with zero attached hydrogens (tertiary/aromatic N) is 3. The summed E-state index contributed by atoms with van der Waals surface area (Å²) in [4.78, 5) is 27.7. The molecule has 1 aliphatic heterocycles. The average Bonchev–Trinajstić information content (AvgIpc) is 3.41. The summed E-state index contributed by atoms with van der Waals surface area (Å²) in [5, 5.41) is 13.1. The number of amides is 2. The topological polar surface area (TPSA) is 75.2 Å². The second-order valence-corrected chi connectivity index (χ2v) is 10.1. The predicted octanol–water partition coefficient (Wildman–Crippen LogP) is 5.40. The summed E-state index contributed by atoms with van der Waals surface area (Å²) in [6.45, 7) is 2.68. The minimum Gasteiger partial charge on any atom is -0.312 e. The Labute approximate surface area is 200 Å². The van der Waals surface area contributed by atoms with E-state index in [4.69, 9.17) is 11.6 Å². The van der Waals surface area contributed by atoms with Gasteiger partial charge in [0, 0.05) is 46.7 Å². The summed E-state index contributed by atoms with van der Waals surface area (Å²) < 4.78 is 0. The lowest BCUT2D eigenvalue weighted by molar-refractivity contribution is -0.117. The number of thioether (sulfide) groups is 1. The predicted molar refractivity (Wildman–Crippen MR) is 131 cm³/mol. The molecule has 32 heavy (non-hydrogen) atoms. The molecule has 1 atom stereocenters. The maximum Gasteiger partial charge on any atom is 0.227 e. The summed E-state index contributed by atoms with van der Waals surface area (Å²) in [5.74, 6) is 0.618. The van der Waals surface area contributed by atoms with Crippen LogP contribution < -0.4 is 10.2 Å². The third-order valence-electron chi connectivity index (χ3n) is 5.23. The SMILES string of the molecule is CCc1ccc(N2CC(c3nnc(NC(=O)CCSc4ccc(Cl)cc4)s3)CC2=O)cc1. The molecule has 2 amide bonds. The number of hydrogen-bond acceptors (Lipinski definition) is 6. The number of carbonyl (C=O) groups excluding carboxylic acids is 2. The molecule has 1 aromatic heterocycles. The van der Waals surface area contributed by atoms with Crippen molar-refractivity contribution in [2.45, 2.75) is 37.0 Å². The fourth-order valence-electron chi connectivity index (χ4n) is 3.46. The van der Waals surface area contributed by atoms with Gasteiger partial charge < -0.3 is 10.2 Å². The summed E-state index contributed by atoms with van der Waals surface area (Å²) in [5.41, 5.74) is 2.15. The molecule has 0 radical (unpaired) electrons. The van der Waals surface area contributed by atoms with Gasteiger partial charge in [-0.3, -0.25) is 9.59 Å². The van der Waals surface area contributed by atoms with E-state index in [1.165, 1.54) is 16.9 Å². The monoisotopic (exact) mass is 486 g/mol. The number of benzene rings is 2. The van der Waals surface area contributed by atoms with E-state index in [0.717, 1.165) is 22.0 Å². The first-order chi connectivity index (χ1) is 15.5. The summed E-state index contributed by atoms with van der Waals surface area (Å²) >= 11 is 8.83. The van der Waals surface area contributed by atoms with Crippen LogP contribution in [0.1, 0.15) is 36.3 Å². The van der Waals surface area contributed by atoms with Crippen LogP contribution in [0.4, 0.5) is 10.8 Å². The Kier molecular flexibility index (Phi) is 7.44. The van der Waals surface area contributed by atoms with E-state index < -0.39 is 0 Å². The molecule has 2 aromatic carbocycles. The second-order valence-electron chi connectivity index (χ2n) is 7.47. The molecule has 1 aliphatic rings. The van der Waals surface area contributed by atoms with Crippen LogP contribution in [-0.2, 0) is 16.0 Å².